The molecule has 102 valence electrons. The normalized spacial score (nSPS) is 11.6. The number of ether oxygens (including phenoxy) is 2. The highest BCUT2D eigenvalue weighted by molar-refractivity contribution is 5.22. The highest BCUT2D eigenvalue weighted by Crippen LogP contribution is 2.12. The molecule has 0 radical (unpaired) electrons. The van der Waals surface area contributed by atoms with Crippen LogP contribution < -0.4 is 10.1 Å². The third kappa shape index (κ3) is 6.57. The van der Waals surface area contributed by atoms with Gasteiger partial charge in [-0.05, 0) is 26.8 Å². The number of nitrogens with zero attached hydrogens (tertiary/aromatic N) is 1. The van der Waals surface area contributed by atoms with Crippen LogP contribution in [0.2, 0.25) is 0 Å². The van der Waals surface area contributed by atoms with Crippen molar-refractivity contribution < 1.29 is 9.47 Å². The van der Waals surface area contributed by atoms with Gasteiger partial charge in [0.1, 0.15) is 5.75 Å². The zero-order valence-corrected chi connectivity index (χ0v) is 11.8. The molecule has 4 nitrogen and oxygen atoms in total. The molecule has 0 aromatic carbocycles. The zero-order chi connectivity index (χ0) is 13.4. The average Bonchev–Trinajstić information content (AvgIpc) is 2.32. The minimum absolute atomic E-state index is 0.0943. The summed E-state index contributed by atoms with van der Waals surface area (Å²) in [6.07, 6.45) is 2.68. The van der Waals surface area contributed by atoms with Gasteiger partial charge >= 0.3 is 0 Å². The number of hydrogen-bond acceptors (Lipinski definition) is 4. The summed E-state index contributed by atoms with van der Waals surface area (Å²) in [5.74, 6) is 0.867. The minimum Gasteiger partial charge on any atom is -0.493 e. The van der Waals surface area contributed by atoms with E-state index in [4.69, 9.17) is 9.47 Å². The molecule has 1 rings (SSSR count). The van der Waals surface area contributed by atoms with Crippen molar-refractivity contribution in [2.24, 2.45) is 0 Å². The van der Waals surface area contributed by atoms with Crippen LogP contribution >= 0.6 is 0 Å². The van der Waals surface area contributed by atoms with Gasteiger partial charge in [0.15, 0.2) is 0 Å². The molecule has 0 atom stereocenters. The van der Waals surface area contributed by atoms with E-state index in [9.17, 15) is 0 Å². The molecule has 1 N–H and O–H groups in total. The van der Waals surface area contributed by atoms with E-state index in [1.807, 2.05) is 12.1 Å². The van der Waals surface area contributed by atoms with Gasteiger partial charge in [-0.15, -0.1) is 0 Å². The summed E-state index contributed by atoms with van der Waals surface area (Å²) in [5, 5.41) is 3.40. The summed E-state index contributed by atoms with van der Waals surface area (Å²) in [7, 11) is 1.70. The Kier molecular flexibility index (Phi) is 6.09. The molecule has 1 heterocycles. The van der Waals surface area contributed by atoms with E-state index < -0.39 is 0 Å². The van der Waals surface area contributed by atoms with E-state index in [-0.39, 0.29) is 5.54 Å². The lowest BCUT2D eigenvalue weighted by Crippen LogP contribution is -2.35. The molecule has 18 heavy (non-hydrogen) atoms. The van der Waals surface area contributed by atoms with E-state index in [0.717, 1.165) is 31.0 Å². The van der Waals surface area contributed by atoms with Crippen molar-refractivity contribution in [3.05, 3.63) is 24.0 Å². The first kappa shape index (κ1) is 14.9. The van der Waals surface area contributed by atoms with Crippen LogP contribution in [0.1, 0.15) is 32.9 Å². The molecule has 0 aliphatic carbocycles. The quantitative estimate of drug-likeness (QED) is 0.757. The molecule has 0 aliphatic rings. The molecular formula is C14H24N2O2. The van der Waals surface area contributed by atoms with Crippen LogP contribution in [0.4, 0.5) is 0 Å². The monoisotopic (exact) mass is 252 g/mol. The standard InChI is InChI=1S/C14H24N2O2/c1-14(2,3)16-11-12-10-13(6-7-15-12)18-9-5-8-17-4/h6-7,10,16H,5,8-9,11H2,1-4H3. The highest BCUT2D eigenvalue weighted by Gasteiger charge is 2.09. The maximum atomic E-state index is 5.63. The molecular weight excluding hydrogens is 228 g/mol. The van der Waals surface area contributed by atoms with Gasteiger partial charge in [-0.2, -0.15) is 0 Å². The number of pyridine rings is 1. The summed E-state index contributed by atoms with van der Waals surface area (Å²) >= 11 is 0. The first-order valence-electron chi connectivity index (χ1n) is 6.33. The van der Waals surface area contributed by atoms with Crippen LogP contribution in [0.25, 0.3) is 0 Å². The number of rotatable bonds is 7. The van der Waals surface area contributed by atoms with Crippen LogP contribution in [-0.2, 0) is 11.3 Å². The molecule has 0 aliphatic heterocycles. The number of methoxy groups -OCH3 is 1. The fourth-order valence-electron chi connectivity index (χ4n) is 1.39. The maximum absolute atomic E-state index is 5.63. The van der Waals surface area contributed by atoms with E-state index in [2.05, 4.69) is 31.1 Å². The highest BCUT2D eigenvalue weighted by atomic mass is 16.5. The van der Waals surface area contributed by atoms with Gasteiger partial charge in [0.05, 0.1) is 12.3 Å². The number of aromatic nitrogens is 1. The van der Waals surface area contributed by atoms with Crippen molar-refractivity contribution in [3.63, 3.8) is 0 Å². The summed E-state index contributed by atoms with van der Waals surface area (Å²) in [6, 6.07) is 3.86. The first-order valence-corrected chi connectivity index (χ1v) is 6.33. The SMILES string of the molecule is COCCCOc1ccnc(CNC(C)(C)C)c1. The second-order valence-electron chi connectivity index (χ2n) is 5.28. The van der Waals surface area contributed by atoms with Gasteiger partial charge in [-0.1, -0.05) is 0 Å². The van der Waals surface area contributed by atoms with Gasteiger partial charge in [-0.3, -0.25) is 4.98 Å². The topological polar surface area (TPSA) is 43.4 Å². The summed E-state index contributed by atoms with van der Waals surface area (Å²) in [5.41, 5.74) is 1.09. The van der Waals surface area contributed by atoms with E-state index in [1.54, 1.807) is 13.3 Å². The van der Waals surface area contributed by atoms with Crippen molar-refractivity contribution >= 4 is 0 Å². The van der Waals surface area contributed by atoms with Crippen molar-refractivity contribution in [2.75, 3.05) is 20.3 Å². The van der Waals surface area contributed by atoms with Crippen LogP contribution in [0.15, 0.2) is 18.3 Å². The lowest BCUT2D eigenvalue weighted by molar-refractivity contribution is 0.172. The maximum Gasteiger partial charge on any atom is 0.122 e. The molecule has 0 bridgehead atoms. The number of hydrogen-bond donors (Lipinski definition) is 1. The average molecular weight is 252 g/mol. The van der Waals surface area contributed by atoms with Crippen molar-refractivity contribution in [1.29, 1.82) is 0 Å². The predicted octanol–water partition coefficient (Wildman–Crippen LogP) is 2.39. The molecule has 4 heteroatoms. The summed E-state index contributed by atoms with van der Waals surface area (Å²) in [4.78, 5) is 4.32. The van der Waals surface area contributed by atoms with E-state index in [1.165, 1.54) is 0 Å². The molecule has 0 unspecified atom stereocenters. The predicted molar refractivity (Wildman–Crippen MR) is 72.8 cm³/mol. The Labute approximate surface area is 110 Å². The Morgan fingerprint density at radius 2 is 2.06 bits per heavy atom. The van der Waals surface area contributed by atoms with E-state index >= 15 is 0 Å². The van der Waals surface area contributed by atoms with Gasteiger partial charge in [0.2, 0.25) is 0 Å². The second kappa shape index (κ2) is 7.34. The largest absolute Gasteiger partial charge is 0.493 e. The summed E-state index contributed by atoms with van der Waals surface area (Å²) < 4.78 is 10.6. The van der Waals surface area contributed by atoms with Gasteiger partial charge in [0, 0.05) is 44.5 Å². The third-order valence-corrected chi connectivity index (χ3v) is 2.35. The van der Waals surface area contributed by atoms with Crippen molar-refractivity contribution in [2.45, 2.75) is 39.3 Å². The number of nitrogens with one attached hydrogen (secondary N) is 1. The Hall–Kier alpha value is -1.13. The molecule has 0 spiro atoms. The van der Waals surface area contributed by atoms with Crippen LogP contribution in [0.5, 0.6) is 5.75 Å². The fourth-order valence-corrected chi connectivity index (χ4v) is 1.39. The van der Waals surface area contributed by atoms with Crippen LogP contribution in [-0.4, -0.2) is 30.8 Å². The zero-order valence-electron chi connectivity index (χ0n) is 11.8. The van der Waals surface area contributed by atoms with Gasteiger partial charge in [0.25, 0.3) is 0 Å². The van der Waals surface area contributed by atoms with Gasteiger partial charge < -0.3 is 14.8 Å². The van der Waals surface area contributed by atoms with Crippen molar-refractivity contribution in [1.82, 2.24) is 10.3 Å². The minimum atomic E-state index is 0.0943. The van der Waals surface area contributed by atoms with E-state index in [0.29, 0.717) is 6.61 Å². The fraction of sp³-hybridized carbons (Fsp3) is 0.643. The molecule has 0 saturated heterocycles. The smallest absolute Gasteiger partial charge is 0.122 e. The first-order chi connectivity index (χ1) is 8.51. The lowest BCUT2D eigenvalue weighted by atomic mass is 10.1. The summed E-state index contributed by atoms with van der Waals surface area (Å²) in [6.45, 7) is 8.56. The van der Waals surface area contributed by atoms with Crippen LogP contribution in [0.3, 0.4) is 0 Å². The molecule has 0 amide bonds. The Bertz CT molecular complexity index is 348. The lowest BCUT2D eigenvalue weighted by Gasteiger charge is -2.20. The Morgan fingerprint density at radius 1 is 1.28 bits per heavy atom. The Morgan fingerprint density at radius 3 is 2.72 bits per heavy atom. The third-order valence-electron chi connectivity index (χ3n) is 2.35. The molecule has 1 aromatic rings. The Balaban J connectivity index is 2.41. The molecule has 1 aromatic heterocycles. The van der Waals surface area contributed by atoms with Gasteiger partial charge in [-0.25, -0.2) is 0 Å². The van der Waals surface area contributed by atoms with Crippen LogP contribution in [0, 0.1) is 0 Å². The molecule has 0 fully saturated rings. The second-order valence-corrected chi connectivity index (χ2v) is 5.28. The van der Waals surface area contributed by atoms with Crippen molar-refractivity contribution in [3.8, 4) is 5.75 Å². The molecule has 0 saturated carbocycles.